The van der Waals surface area contributed by atoms with Crippen molar-refractivity contribution in [2.45, 2.75) is 45.1 Å². The van der Waals surface area contributed by atoms with E-state index in [1.807, 2.05) is 38.1 Å². The van der Waals surface area contributed by atoms with Crippen LogP contribution < -0.4 is 0 Å². The van der Waals surface area contributed by atoms with E-state index in [0.717, 1.165) is 5.56 Å². The summed E-state index contributed by atoms with van der Waals surface area (Å²) >= 11 is 1.77. The van der Waals surface area contributed by atoms with E-state index in [1.54, 1.807) is 11.8 Å². The SMILES string of the molecule is Cc1ccc(C(=O)C(C)SC(C)C(C)C)cc1. The molecule has 2 unspecified atom stereocenters. The van der Waals surface area contributed by atoms with Crippen LogP contribution in [0.25, 0.3) is 0 Å². The lowest BCUT2D eigenvalue weighted by Gasteiger charge is -2.19. The molecule has 0 spiro atoms. The first kappa shape index (κ1) is 14.3. The number of benzene rings is 1. The zero-order chi connectivity index (χ0) is 13.0. The number of ketones is 1. The molecule has 0 bridgehead atoms. The maximum absolute atomic E-state index is 12.2. The van der Waals surface area contributed by atoms with Crippen molar-refractivity contribution in [2.75, 3.05) is 0 Å². The lowest BCUT2D eigenvalue weighted by Crippen LogP contribution is -2.19. The van der Waals surface area contributed by atoms with Crippen LogP contribution in [0.5, 0.6) is 0 Å². The zero-order valence-corrected chi connectivity index (χ0v) is 12.2. The number of Topliss-reactive ketones (excluding diaryl/α,β-unsaturated/α-hetero) is 1. The normalized spacial score (nSPS) is 14.7. The highest BCUT2D eigenvalue weighted by Gasteiger charge is 2.19. The molecule has 94 valence electrons. The van der Waals surface area contributed by atoms with E-state index >= 15 is 0 Å². The molecular formula is C15H22OS. The van der Waals surface area contributed by atoms with Crippen LogP contribution in [0.4, 0.5) is 0 Å². The number of hydrogen-bond donors (Lipinski definition) is 0. The molecule has 0 aliphatic heterocycles. The Hall–Kier alpha value is -0.760. The molecule has 1 rings (SSSR count). The average molecular weight is 250 g/mol. The van der Waals surface area contributed by atoms with Crippen LogP contribution in [0.3, 0.4) is 0 Å². The van der Waals surface area contributed by atoms with Crippen molar-refractivity contribution in [1.29, 1.82) is 0 Å². The van der Waals surface area contributed by atoms with Crippen LogP contribution in [0.2, 0.25) is 0 Å². The van der Waals surface area contributed by atoms with Crippen LogP contribution >= 0.6 is 11.8 Å². The van der Waals surface area contributed by atoms with Gasteiger partial charge in [-0.25, -0.2) is 0 Å². The Labute approximate surface area is 109 Å². The Bertz CT molecular complexity index is 367. The Balaban J connectivity index is 2.66. The average Bonchev–Trinajstić information content (AvgIpc) is 2.28. The van der Waals surface area contributed by atoms with Gasteiger partial charge in [0, 0.05) is 10.8 Å². The minimum atomic E-state index is 0.0371. The third-order valence-electron chi connectivity index (χ3n) is 3.06. The third-order valence-corrected chi connectivity index (χ3v) is 4.66. The molecule has 0 heterocycles. The first-order valence-corrected chi connectivity index (χ1v) is 7.12. The first-order chi connectivity index (χ1) is 7.91. The molecule has 0 saturated heterocycles. The standard InChI is InChI=1S/C15H22OS/c1-10(2)12(4)17-13(5)15(16)14-8-6-11(3)7-9-14/h6-10,12-13H,1-5H3. The van der Waals surface area contributed by atoms with Crippen LogP contribution in [0.1, 0.15) is 43.6 Å². The second-order valence-corrected chi connectivity index (χ2v) is 6.68. The maximum atomic E-state index is 12.2. The van der Waals surface area contributed by atoms with Gasteiger partial charge in [-0.15, -0.1) is 11.8 Å². The van der Waals surface area contributed by atoms with Crippen molar-refractivity contribution >= 4 is 17.5 Å². The van der Waals surface area contributed by atoms with E-state index in [0.29, 0.717) is 11.2 Å². The molecule has 0 aromatic heterocycles. The van der Waals surface area contributed by atoms with E-state index in [9.17, 15) is 4.79 Å². The maximum Gasteiger partial charge on any atom is 0.175 e. The van der Waals surface area contributed by atoms with Gasteiger partial charge in [-0.05, 0) is 19.8 Å². The molecule has 0 amide bonds. The monoisotopic (exact) mass is 250 g/mol. The first-order valence-electron chi connectivity index (χ1n) is 6.18. The van der Waals surface area contributed by atoms with Gasteiger partial charge in [-0.2, -0.15) is 0 Å². The van der Waals surface area contributed by atoms with Crippen molar-refractivity contribution < 1.29 is 4.79 Å². The lowest BCUT2D eigenvalue weighted by molar-refractivity contribution is 0.0993. The Morgan fingerprint density at radius 2 is 1.59 bits per heavy atom. The molecule has 0 aliphatic carbocycles. The fraction of sp³-hybridized carbons (Fsp3) is 0.533. The highest BCUT2D eigenvalue weighted by molar-refractivity contribution is 8.01. The Morgan fingerprint density at radius 3 is 2.06 bits per heavy atom. The molecule has 1 aromatic carbocycles. The molecule has 0 N–H and O–H groups in total. The zero-order valence-electron chi connectivity index (χ0n) is 11.4. The number of carbonyl (C=O) groups is 1. The van der Waals surface area contributed by atoms with Crippen LogP contribution in [-0.4, -0.2) is 16.3 Å². The van der Waals surface area contributed by atoms with Gasteiger partial charge in [0.05, 0.1) is 5.25 Å². The summed E-state index contributed by atoms with van der Waals surface area (Å²) in [6.45, 7) is 10.6. The topological polar surface area (TPSA) is 17.1 Å². The molecule has 0 saturated carbocycles. The third kappa shape index (κ3) is 4.19. The lowest BCUT2D eigenvalue weighted by atomic mass is 10.1. The van der Waals surface area contributed by atoms with E-state index in [4.69, 9.17) is 0 Å². The largest absolute Gasteiger partial charge is 0.293 e. The van der Waals surface area contributed by atoms with E-state index in [1.165, 1.54) is 5.56 Å². The summed E-state index contributed by atoms with van der Waals surface area (Å²) in [5.74, 6) is 0.843. The minimum Gasteiger partial charge on any atom is -0.293 e. The van der Waals surface area contributed by atoms with Crippen molar-refractivity contribution in [3.05, 3.63) is 35.4 Å². The number of carbonyl (C=O) groups excluding carboxylic acids is 1. The van der Waals surface area contributed by atoms with Gasteiger partial charge in [0.15, 0.2) is 5.78 Å². The molecule has 2 heteroatoms. The van der Waals surface area contributed by atoms with Gasteiger partial charge >= 0.3 is 0 Å². The number of thioether (sulfide) groups is 1. The summed E-state index contributed by atoms with van der Waals surface area (Å²) in [5, 5.41) is 0.550. The highest BCUT2D eigenvalue weighted by Crippen LogP contribution is 2.25. The quantitative estimate of drug-likeness (QED) is 0.723. The molecular weight excluding hydrogens is 228 g/mol. The summed E-state index contributed by atoms with van der Waals surface area (Å²) < 4.78 is 0. The summed E-state index contributed by atoms with van der Waals surface area (Å²) in [5.41, 5.74) is 2.02. The minimum absolute atomic E-state index is 0.0371. The van der Waals surface area contributed by atoms with Crippen molar-refractivity contribution in [1.82, 2.24) is 0 Å². The van der Waals surface area contributed by atoms with Gasteiger partial charge in [0.2, 0.25) is 0 Å². The highest BCUT2D eigenvalue weighted by atomic mass is 32.2. The molecule has 2 atom stereocenters. The van der Waals surface area contributed by atoms with Crippen LogP contribution in [0, 0.1) is 12.8 Å². The molecule has 0 fully saturated rings. The Morgan fingerprint density at radius 1 is 1.06 bits per heavy atom. The summed E-state index contributed by atoms with van der Waals surface area (Å²) in [6, 6.07) is 7.84. The molecule has 17 heavy (non-hydrogen) atoms. The molecule has 0 radical (unpaired) electrons. The number of rotatable bonds is 5. The second kappa shape index (κ2) is 6.25. The Kier molecular flexibility index (Phi) is 5.26. The van der Waals surface area contributed by atoms with Crippen LogP contribution in [0.15, 0.2) is 24.3 Å². The van der Waals surface area contributed by atoms with Crippen molar-refractivity contribution in [3.8, 4) is 0 Å². The van der Waals surface area contributed by atoms with Gasteiger partial charge in [-0.1, -0.05) is 50.6 Å². The predicted molar refractivity (Wildman–Crippen MR) is 76.9 cm³/mol. The van der Waals surface area contributed by atoms with Crippen molar-refractivity contribution in [3.63, 3.8) is 0 Å². The van der Waals surface area contributed by atoms with Gasteiger partial charge in [0.1, 0.15) is 0 Å². The van der Waals surface area contributed by atoms with Crippen LogP contribution in [-0.2, 0) is 0 Å². The summed E-state index contributed by atoms with van der Waals surface area (Å²) in [7, 11) is 0. The molecule has 0 aliphatic rings. The van der Waals surface area contributed by atoms with Gasteiger partial charge < -0.3 is 0 Å². The molecule has 1 aromatic rings. The summed E-state index contributed by atoms with van der Waals surface area (Å²) in [4.78, 5) is 12.2. The molecule has 1 nitrogen and oxygen atoms in total. The fourth-order valence-corrected chi connectivity index (χ4v) is 2.71. The second-order valence-electron chi connectivity index (χ2n) is 4.96. The van der Waals surface area contributed by atoms with E-state index < -0.39 is 0 Å². The fourth-order valence-electron chi connectivity index (χ4n) is 1.49. The predicted octanol–water partition coefficient (Wildman–Crippen LogP) is 4.34. The number of aryl methyl sites for hydroxylation is 1. The van der Waals surface area contributed by atoms with Gasteiger partial charge in [0.25, 0.3) is 0 Å². The summed E-state index contributed by atoms with van der Waals surface area (Å²) in [6.07, 6.45) is 0. The van der Waals surface area contributed by atoms with E-state index in [2.05, 4.69) is 20.8 Å². The van der Waals surface area contributed by atoms with Crippen molar-refractivity contribution in [2.24, 2.45) is 5.92 Å². The van der Waals surface area contributed by atoms with E-state index in [-0.39, 0.29) is 11.0 Å². The smallest absolute Gasteiger partial charge is 0.175 e. The van der Waals surface area contributed by atoms with Gasteiger partial charge in [-0.3, -0.25) is 4.79 Å². The number of hydrogen-bond acceptors (Lipinski definition) is 2.